The van der Waals surface area contributed by atoms with Crippen LogP contribution in [0, 0.1) is 0 Å². The summed E-state index contributed by atoms with van der Waals surface area (Å²) < 4.78 is 26.4. The van der Waals surface area contributed by atoms with E-state index in [2.05, 4.69) is 24.1 Å². The lowest BCUT2D eigenvalue weighted by atomic mass is 10.0. The van der Waals surface area contributed by atoms with Gasteiger partial charge < -0.3 is 4.90 Å². The van der Waals surface area contributed by atoms with Crippen molar-refractivity contribution in [2.24, 2.45) is 0 Å². The maximum absolute atomic E-state index is 12.4. The predicted octanol–water partition coefficient (Wildman–Crippen LogP) is 1.34. The lowest BCUT2D eigenvalue weighted by molar-refractivity contribution is 0.147. The van der Waals surface area contributed by atoms with Gasteiger partial charge in [-0.05, 0) is 31.9 Å². The van der Waals surface area contributed by atoms with Gasteiger partial charge in [0.15, 0.2) is 0 Å². The molecule has 2 fully saturated rings. The summed E-state index contributed by atoms with van der Waals surface area (Å²) in [6.45, 7) is 2.09. The number of rotatable bonds is 4. The van der Waals surface area contributed by atoms with Crippen LogP contribution >= 0.6 is 0 Å². The van der Waals surface area contributed by atoms with Gasteiger partial charge >= 0.3 is 0 Å². The highest BCUT2D eigenvalue weighted by Crippen LogP contribution is 2.32. The fraction of sp³-hybridized carbons (Fsp3) is 0.600. The zero-order valence-corrected chi connectivity index (χ0v) is 12.7. The summed E-state index contributed by atoms with van der Waals surface area (Å²) in [5.74, 6) is 0. The highest BCUT2D eigenvalue weighted by molar-refractivity contribution is 7.90. The Kier molecular flexibility index (Phi) is 3.84. The number of likely N-dealkylation sites (N-methyl/N-ethyl adjacent to an activating group) is 1. The predicted molar refractivity (Wildman–Crippen MR) is 80.1 cm³/mol. The van der Waals surface area contributed by atoms with Crippen LogP contribution in [-0.4, -0.2) is 55.6 Å². The van der Waals surface area contributed by atoms with E-state index in [4.69, 9.17) is 0 Å². The van der Waals surface area contributed by atoms with Crippen molar-refractivity contribution in [3.63, 3.8) is 0 Å². The molecule has 0 N–H and O–H groups in total. The summed E-state index contributed by atoms with van der Waals surface area (Å²) in [5, 5.41) is -0.0942. The van der Waals surface area contributed by atoms with Crippen molar-refractivity contribution in [3.05, 3.63) is 35.9 Å². The third kappa shape index (κ3) is 2.90. The quantitative estimate of drug-likeness (QED) is 0.841. The molecule has 0 unspecified atom stereocenters. The smallest absolute Gasteiger partial charge is 0.217 e. The Hall–Kier alpha value is -0.910. The highest BCUT2D eigenvalue weighted by Gasteiger charge is 2.42. The second kappa shape index (κ2) is 5.47. The van der Waals surface area contributed by atoms with Gasteiger partial charge in [-0.3, -0.25) is 0 Å². The van der Waals surface area contributed by atoms with E-state index in [1.807, 2.05) is 18.2 Å². The van der Waals surface area contributed by atoms with E-state index in [1.165, 1.54) is 5.56 Å². The van der Waals surface area contributed by atoms with Gasteiger partial charge in [0, 0.05) is 25.7 Å². The molecule has 1 atom stereocenters. The summed E-state index contributed by atoms with van der Waals surface area (Å²) >= 11 is 0. The van der Waals surface area contributed by atoms with Gasteiger partial charge in [-0.2, -0.15) is 4.31 Å². The maximum atomic E-state index is 12.4. The molecule has 0 radical (unpaired) electrons. The fourth-order valence-corrected chi connectivity index (χ4v) is 4.70. The lowest BCUT2D eigenvalue weighted by Gasteiger charge is -2.39. The molecule has 1 saturated heterocycles. The van der Waals surface area contributed by atoms with Crippen LogP contribution in [-0.2, 0) is 16.4 Å². The summed E-state index contributed by atoms with van der Waals surface area (Å²) in [6.07, 6.45) is 2.60. The molecule has 1 aromatic carbocycles. The van der Waals surface area contributed by atoms with Crippen molar-refractivity contribution in [2.75, 3.05) is 26.7 Å². The van der Waals surface area contributed by atoms with Crippen LogP contribution in [0.4, 0.5) is 0 Å². The maximum Gasteiger partial charge on any atom is 0.217 e. The molecule has 0 aromatic heterocycles. The zero-order chi connectivity index (χ0) is 14.2. The molecule has 110 valence electrons. The average Bonchev–Trinajstić information content (AvgIpc) is 3.27. The van der Waals surface area contributed by atoms with E-state index in [0.717, 1.165) is 25.8 Å². The van der Waals surface area contributed by atoms with E-state index >= 15 is 0 Å². The first-order valence-corrected chi connectivity index (χ1v) is 8.81. The van der Waals surface area contributed by atoms with E-state index < -0.39 is 10.0 Å². The molecular weight excluding hydrogens is 272 g/mol. The molecule has 0 spiro atoms. The molecule has 20 heavy (non-hydrogen) atoms. The van der Waals surface area contributed by atoms with Crippen LogP contribution in [0.3, 0.4) is 0 Å². The Morgan fingerprint density at radius 1 is 1.15 bits per heavy atom. The van der Waals surface area contributed by atoms with Gasteiger partial charge in [0.2, 0.25) is 10.0 Å². The van der Waals surface area contributed by atoms with Crippen molar-refractivity contribution in [1.82, 2.24) is 9.21 Å². The van der Waals surface area contributed by atoms with Gasteiger partial charge in [-0.25, -0.2) is 8.42 Å². The minimum atomic E-state index is -3.03. The Bertz CT molecular complexity index is 554. The average molecular weight is 294 g/mol. The number of sulfonamides is 1. The number of benzene rings is 1. The third-order valence-corrected chi connectivity index (χ3v) is 6.72. The van der Waals surface area contributed by atoms with Crippen LogP contribution in [0.15, 0.2) is 30.3 Å². The molecule has 0 amide bonds. The SMILES string of the molecule is CN1CCN(S(=O)(=O)C2CC2)C[C@H]1Cc1ccccc1. The van der Waals surface area contributed by atoms with Gasteiger partial charge in [0.25, 0.3) is 0 Å². The van der Waals surface area contributed by atoms with Crippen LogP contribution in [0.2, 0.25) is 0 Å². The zero-order valence-electron chi connectivity index (χ0n) is 11.9. The number of hydrogen-bond donors (Lipinski definition) is 0. The first kappa shape index (κ1) is 14.0. The Morgan fingerprint density at radius 2 is 1.85 bits per heavy atom. The molecule has 1 saturated carbocycles. The molecule has 5 heteroatoms. The Balaban J connectivity index is 1.70. The number of nitrogens with zero attached hydrogens (tertiary/aromatic N) is 2. The first-order chi connectivity index (χ1) is 9.57. The molecule has 3 rings (SSSR count). The molecule has 1 aliphatic heterocycles. The van der Waals surface area contributed by atoms with Crippen molar-refractivity contribution in [3.8, 4) is 0 Å². The van der Waals surface area contributed by atoms with Crippen molar-refractivity contribution in [2.45, 2.75) is 30.6 Å². The topological polar surface area (TPSA) is 40.6 Å². The van der Waals surface area contributed by atoms with Crippen molar-refractivity contribution in [1.29, 1.82) is 0 Å². The molecule has 1 aromatic rings. The van der Waals surface area contributed by atoms with Crippen LogP contribution < -0.4 is 0 Å². The minimum absolute atomic E-state index is 0.0942. The molecule has 4 nitrogen and oxygen atoms in total. The summed E-state index contributed by atoms with van der Waals surface area (Å²) in [6, 6.07) is 10.6. The lowest BCUT2D eigenvalue weighted by Crippen LogP contribution is -2.54. The second-order valence-electron chi connectivity index (χ2n) is 5.93. The van der Waals surface area contributed by atoms with Crippen LogP contribution in [0.1, 0.15) is 18.4 Å². The summed E-state index contributed by atoms with van der Waals surface area (Å²) in [5.41, 5.74) is 1.27. The van der Waals surface area contributed by atoms with Gasteiger partial charge in [0.1, 0.15) is 0 Å². The van der Waals surface area contributed by atoms with E-state index in [1.54, 1.807) is 4.31 Å². The second-order valence-corrected chi connectivity index (χ2v) is 8.14. The largest absolute Gasteiger partial charge is 0.300 e. The summed E-state index contributed by atoms with van der Waals surface area (Å²) in [4.78, 5) is 2.28. The number of piperazine rings is 1. The third-order valence-electron chi connectivity index (χ3n) is 4.36. The van der Waals surface area contributed by atoms with Crippen LogP contribution in [0.5, 0.6) is 0 Å². The molecule has 1 heterocycles. The number of hydrogen-bond acceptors (Lipinski definition) is 3. The minimum Gasteiger partial charge on any atom is -0.300 e. The Labute approximate surface area is 121 Å². The standard InChI is InChI=1S/C15H22N2O2S/c1-16-9-10-17(20(18,19)15-7-8-15)12-14(16)11-13-5-3-2-4-6-13/h2-6,14-15H,7-12H2,1H3/t14-/m1/s1. The van der Waals surface area contributed by atoms with Gasteiger partial charge in [-0.15, -0.1) is 0 Å². The molecule has 1 aliphatic carbocycles. The van der Waals surface area contributed by atoms with E-state index in [-0.39, 0.29) is 11.3 Å². The fourth-order valence-electron chi connectivity index (χ4n) is 2.83. The van der Waals surface area contributed by atoms with E-state index in [9.17, 15) is 8.42 Å². The monoisotopic (exact) mass is 294 g/mol. The molecule has 2 aliphatic rings. The van der Waals surface area contributed by atoms with Crippen molar-refractivity contribution >= 4 is 10.0 Å². The Morgan fingerprint density at radius 3 is 2.50 bits per heavy atom. The molecule has 0 bridgehead atoms. The van der Waals surface area contributed by atoms with Crippen LogP contribution in [0.25, 0.3) is 0 Å². The highest BCUT2D eigenvalue weighted by atomic mass is 32.2. The molecular formula is C15H22N2O2S. The normalized spacial score (nSPS) is 25.8. The van der Waals surface area contributed by atoms with Gasteiger partial charge in [-0.1, -0.05) is 30.3 Å². The first-order valence-electron chi connectivity index (χ1n) is 7.30. The van der Waals surface area contributed by atoms with E-state index in [0.29, 0.717) is 13.1 Å². The summed E-state index contributed by atoms with van der Waals surface area (Å²) in [7, 11) is -0.939. The van der Waals surface area contributed by atoms with Gasteiger partial charge in [0.05, 0.1) is 5.25 Å². The van der Waals surface area contributed by atoms with Crippen molar-refractivity contribution < 1.29 is 8.42 Å².